The van der Waals surface area contributed by atoms with E-state index < -0.39 is 11.7 Å². The predicted molar refractivity (Wildman–Crippen MR) is 97.5 cm³/mol. The molecule has 1 fully saturated rings. The molecule has 1 aromatic heterocycles. The van der Waals surface area contributed by atoms with Crippen LogP contribution in [0.25, 0.3) is 0 Å². The number of hydrogen-bond acceptors (Lipinski definition) is 6. The lowest BCUT2D eigenvalue weighted by molar-refractivity contribution is 0.0891. The first-order valence-electron chi connectivity index (χ1n) is 9.20. The summed E-state index contributed by atoms with van der Waals surface area (Å²) in [6.07, 6.45) is 3.41. The summed E-state index contributed by atoms with van der Waals surface area (Å²) in [6.45, 7) is 2.05. The van der Waals surface area contributed by atoms with E-state index in [0.717, 1.165) is 19.3 Å². The van der Waals surface area contributed by atoms with E-state index in [1.165, 1.54) is 19.2 Å². The number of nitrogens with zero attached hydrogens (tertiary/aromatic N) is 2. The van der Waals surface area contributed by atoms with Crippen LogP contribution in [0.1, 0.15) is 52.2 Å². The molecule has 2 amide bonds. The molecule has 0 saturated heterocycles. The van der Waals surface area contributed by atoms with Crippen LogP contribution < -0.4 is 15.4 Å². The molecule has 9 heteroatoms. The van der Waals surface area contributed by atoms with Crippen LogP contribution in [-0.4, -0.2) is 41.8 Å². The van der Waals surface area contributed by atoms with Crippen molar-refractivity contribution >= 4 is 11.8 Å². The lowest BCUT2D eigenvalue weighted by Crippen LogP contribution is -2.41. The Morgan fingerprint density at radius 3 is 2.82 bits per heavy atom. The first-order valence-corrected chi connectivity index (χ1v) is 9.20. The van der Waals surface area contributed by atoms with E-state index in [9.17, 15) is 14.0 Å². The van der Waals surface area contributed by atoms with E-state index in [4.69, 9.17) is 4.74 Å². The van der Waals surface area contributed by atoms with E-state index in [1.807, 2.05) is 0 Å². The van der Waals surface area contributed by atoms with Gasteiger partial charge in [-0.1, -0.05) is 17.6 Å². The SMILES string of the molecule is COc1cccc(F)c1C(=O)NC[C@@H]1CCC[C@H](NC(=O)c2nonc2C)C1. The van der Waals surface area contributed by atoms with Gasteiger partial charge < -0.3 is 15.4 Å². The number of amides is 2. The molecule has 1 saturated carbocycles. The highest BCUT2D eigenvalue weighted by molar-refractivity contribution is 5.97. The van der Waals surface area contributed by atoms with Crippen LogP contribution in [0.5, 0.6) is 5.75 Å². The smallest absolute Gasteiger partial charge is 0.275 e. The highest BCUT2D eigenvalue weighted by atomic mass is 19.1. The van der Waals surface area contributed by atoms with Crippen molar-refractivity contribution in [1.82, 2.24) is 20.9 Å². The molecule has 8 nitrogen and oxygen atoms in total. The van der Waals surface area contributed by atoms with Crippen molar-refractivity contribution in [2.45, 2.75) is 38.6 Å². The highest BCUT2D eigenvalue weighted by Gasteiger charge is 2.26. The van der Waals surface area contributed by atoms with Gasteiger partial charge in [0.05, 0.1) is 7.11 Å². The van der Waals surface area contributed by atoms with Gasteiger partial charge in [0.2, 0.25) is 0 Å². The molecular weight excluding hydrogens is 367 g/mol. The van der Waals surface area contributed by atoms with Gasteiger partial charge in [0.1, 0.15) is 22.8 Å². The number of benzene rings is 1. The van der Waals surface area contributed by atoms with Gasteiger partial charge in [-0.05, 0) is 49.4 Å². The first kappa shape index (κ1) is 19.8. The maximum Gasteiger partial charge on any atom is 0.275 e. The van der Waals surface area contributed by atoms with Gasteiger partial charge in [-0.3, -0.25) is 9.59 Å². The van der Waals surface area contributed by atoms with Crippen LogP contribution in [0.15, 0.2) is 22.8 Å². The van der Waals surface area contributed by atoms with E-state index in [2.05, 4.69) is 25.6 Å². The largest absolute Gasteiger partial charge is 0.496 e. The molecule has 1 heterocycles. The summed E-state index contributed by atoms with van der Waals surface area (Å²) in [4.78, 5) is 24.7. The van der Waals surface area contributed by atoms with Crippen LogP contribution in [-0.2, 0) is 0 Å². The molecule has 1 aromatic carbocycles. The summed E-state index contributed by atoms with van der Waals surface area (Å²) in [7, 11) is 1.39. The molecule has 2 atom stereocenters. The van der Waals surface area contributed by atoms with Crippen LogP contribution in [0.3, 0.4) is 0 Å². The van der Waals surface area contributed by atoms with Crippen LogP contribution in [0, 0.1) is 18.7 Å². The summed E-state index contributed by atoms with van der Waals surface area (Å²) >= 11 is 0. The lowest BCUT2D eigenvalue weighted by atomic mass is 9.85. The van der Waals surface area contributed by atoms with Crippen molar-refractivity contribution < 1.29 is 23.3 Å². The summed E-state index contributed by atoms with van der Waals surface area (Å²) < 4.78 is 23.7. The van der Waals surface area contributed by atoms with Crippen LogP contribution >= 0.6 is 0 Å². The van der Waals surface area contributed by atoms with Crippen LogP contribution in [0.4, 0.5) is 4.39 Å². The minimum atomic E-state index is -0.623. The van der Waals surface area contributed by atoms with Crippen LogP contribution in [0.2, 0.25) is 0 Å². The number of methoxy groups -OCH3 is 1. The van der Waals surface area contributed by atoms with E-state index in [1.54, 1.807) is 13.0 Å². The van der Waals surface area contributed by atoms with Gasteiger partial charge in [0.15, 0.2) is 5.69 Å². The second-order valence-electron chi connectivity index (χ2n) is 6.93. The molecule has 0 bridgehead atoms. The van der Waals surface area contributed by atoms with Gasteiger partial charge in [0.25, 0.3) is 11.8 Å². The topological polar surface area (TPSA) is 106 Å². The number of hydrogen-bond donors (Lipinski definition) is 2. The Kier molecular flexibility index (Phi) is 6.23. The normalized spacial score (nSPS) is 19.1. The summed E-state index contributed by atoms with van der Waals surface area (Å²) in [5.74, 6) is -1.07. The average Bonchev–Trinajstić information content (AvgIpc) is 3.12. The third kappa shape index (κ3) is 4.47. The predicted octanol–water partition coefficient (Wildman–Crippen LogP) is 2.24. The summed E-state index contributed by atoms with van der Waals surface area (Å²) in [6, 6.07) is 4.24. The van der Waals surface area contributed by atoms with Gasteiger partial charge in [-0.15, -0.1) is 0 Å². The monoisotopic (exact) mass is 390 g/mol. The molecule has 150 valence electrons. The minimum absolute atomic E-state index is 0.0257. The first-order chi connectivity index (χ1) is 13.5. The Balaban J connectivity index is 1.55. The van der Waals surface area contributed by atoms with E-state index >= 15 is 0 Å². The van der Waals surface area contributed by atoms with Crippen molar-refractivity contribution in [2.24, 2.45) is 5.92 Å². The van der Waals surface area contributed by atoms with E-state index in [-0.39, 0.29) is 34.9 Å². The zero-order chi connectivity index (χ0) is 20.1. The molecule has 28 heavy (non-hydrogen) atoms. The van der Waals surface area contributed by atoms with Crippen molar-refractivity contribution in [1.29, 1.82) is 0 Å². The van der Waals surface area contributed by atoms with Crippen molar-refractivity contribution in [3.8, 4) is 5.75 Å². The average molecular weight is 390 g/mol. The molecular formula is C19H23FN4O4. The summed E-state index contributed by atoms with van der Waals surface area (Å²) in [5, 5.41) is 13.0. The second kappa shape index (κ2) is 8.81. The lowest BCUT2D eigenvalue weighted by Gasteiger charge is -2.29. The van der Waals surface area contributed by atoms with Gasteiger partial charge in [-0.25, -0.2) is 9.02 Å². The van der Waals surface area contributed by atoms with Crippen molar-refractivity contribution in [3.63, 3.8) is 0 Å². The fraction of sp³-hybridized carbons (Fsp3) is 0.474. The number of aryl methyl sites for hydroxylation is 1. The molecule has 0 unspecified atom stereocenters. The third-order valence-electron chi connectivity index (χ3n) is 4.96. The fourth-order valence-corrected chi connectivity index (χ4v) is 3.52. The molecule has 3 rings (SSSR count). The number of carbonyl (C=O) groups is 2. The molecule has 2 aromatic rings. The Morgan fingerprint density at radius 1 is 1.29 bits per heavy atom. The third-order valence-corrected chi connectivity index (χ3v) is 4.96. The standard InChI is InChI=1S/C19H23FN4O4/c1-11-17(24-28-23-11)19(26)22-13-6-3-5-12(9-13)10-21-18(25)16-14(20)7-4-8-15(16)27-2/h4,7-8,12-13H,3,5-6,9-10H2,1-2H3,(H,21,25)(H,22,26)/t12-,13+/m1/s1. The molecule has 2 N–H and O–H groups in total. The Morgan fingerprint density at radius 2 is 2.11 bits per heavy atom. The Bertz CT molecular complexity index is 854. The highest BCUT2D eigenvalue weighted by Crippen LogP contribution is 2.25. The number of rotatable bonds is 6. The molecule has 1 aliphatic rings. The number of carbonyl (C=O) groups excluding carboxylic acids is 2. The van der Waals surface area contributed by atoms with Crippen molar-refractivity contribution in [2.75, 3.05) is 13.7 Å². The van der Waals surface area contributed by atoms with E-state index in [0.29, 0.717) is 18.7 Å². The maximum absolute atomic E-state index is 14.0. The van der Waals surface area contributed by atoms with Gasteiger partial charge >= 0.3 is 0 Å². The van der Waals surface area contributed by atoms with Gasteiger partial charge in [0, 0.05) is 12.6 Å². The molecule has 0 radical (unpaired) electrons. The second-order valence-corrected chi connectivity index (χ2v) is 6.93. The number of nitrogens with one attached hydrogen (secondary N) is 2. The maximum atomic E-state index is 14.0. The number of aromatic nitrogens is 2. The zero-order valence-electron chi connectivity index (χ0n) is 15.8. The Labute approximate surface area is 161 Å². The molecule has 1 aliphatic carbocycles. The van der Waals surface area contributed by atoms with Gasteiger partial charge in [-0.2, -0.15) is 0 Å². The Hall–Kier alpha value is -2.97. The fourth-order valence-electron chi connectivity index (χ4n) is 3.52. The van der Waals surface area contributed by atoms with Crippen molar-refractivity contribution in [3.05, 3.63) is 41.0 Å². The molecule has 0 spiro atoms. The zero-order valence-corrected chi connectivity index (χ0v) is 15.8. The number of halogens is 1. The molecule has 0 aliphatic heterocycles. The minimum Gasteiger partial charge on any atom is -0.496 e. The quantitative estimate of drug-likeness (QED) is 0.784. The summed E-state index contributed by atoms with van der Waals surface area (Å²) in [5.41, 5.74) is 0.526. The number of ether oxygens (including phenoxy) is 1.